The highest BCUT2D eigenvalue weighted by molar-refractivity contribution is 7.16. The lowest BCUT2D eigenvalue weighted by Crippen LogP contribution is -2.04. The Morgan fingerprint density at radius 3 is 2.65 bits per heavy atom. The van der Waals surface area contributed by atoms with E-state index in [4.69, 9.17) is 4.74 Å². The molecule has 0 N–H and O–H groups in total. The Labute approximate surface area is 137 Å². The molecule has 0 saturated heterocycles. The molecule has 1 aromatic carbocycles. The van der Waals surface area contributed by atoms with Crippen molar-refractivity contribution in [1.82, 2.24) is 4.98 Å². The van der Waals surface area contributed by atoms with Crippen LogP contribution in [0.25, 0.3) is 10.6 Å². The van der Waals surface area contributed by atoms with Crippen molar-refractivity contribution in [3.63, 3.8) is 0 Å². The van der Waals surface area contributed by atoms with Gasteiger partial charge >= 0.3 is 5.97 Å². The number of unbranched alkanes of at least 4 members (excludes halogenated alkanes) is 1. The summed E-state index contributed by atoms with van der Waals surface area (Å²) < 4.78 is 29.6. The summed E-state index contributed by atoms with van der Waals surface area (Å²) in [5, 5.41) is 0.761. The van der Waals surface area contributed by atoms with E-state index < -0.39 is 12.0 Å². The zero-order chi connectivity index (χ0) is 16.7. The van der Waals surface area contributed by atoms with Gasteiger partial charge in [0.05, 0.1) is 12.8 Å². The van der Waals surface area contributed by atoms with Gasteiger partial charge in [0, 0.05) is 5.56 Å². The van der Waals surface area contributed by atoms with Crippen molar-refractivity contribution in [3.05, 3.63) is 53.1 Å². The number of thiazole rings is 1. The van der Waals surface area contributed by atoms with Crippen molar-refractivity contribution in [2.75, 3.05) is 6.61 Å². The summed E-state index contributed by atoms with van der Waals surface area (Å²) in [6.45, 7) is 1.63. The summed E-state index contributed by atoms with van der Waals surface area (Å²) in [5.41, 5.74) is 1.04. The highest BCUT2D eigenvalue weighted by atomic mass is 32.1. The molecule has 1 heterocycles. The lowest BCUT2D eigenvalue weighted by Gasteiger charge is -2.03. The molecule has 0 unspecified atom stereocenters. The highest BCUT2D eigenvalue weighted by Crippen LogP contribution is 2.25. The summed E-state index contributed by atoms with van der Waals surface area (Å²) in [6.07, 6.45) is 1.31. The molecule has 0 saturated carbocycles. The van der Waals surface area contributed by atoms with Crippen molar-refractivity contribution in [2.24, 2.45) is 0 Å². The number of hydrogen-bond donors (Lipinski definition) is 0. The van der Waals surface area contributed by atoms with Gasteiger partial charge in [-0.3, -0.25) is 0 Å². The maximum Gasteiger partial charge on any atom is 0.349 e. The molecule has 23 heavy (non-hydrogen) atoms. The van der Waals surface area contributed by atoms with Gasteiger partial charge in [0.15, 0.2) is 0 Å². The van der Waals surface area contributed by atoms with Gasteiger partial charge in [-0.05, 0) is 31.8 Å². The molecule has 0 aliphatic carbocycles. The third-order valence-electron chi connectivity index (χ3n) is 3.23. The van der Waals surface area contributed by atoms with Crippen LogP contribution < -0.4 is 0 Å². The number of halogens is 2. The summed E-state index contributed by atoms with van der Waals surface area (Å²) in [7, 11) is 0. The normalized spacial score (nSPS) is 10.4. The molecule has 6 heteroatoms. The number of esters is 1. The molecular weight excluding hydrogens is 320 g/mol. The predicted octanol–water partition coefficient (Wildman–Crippen LogP) is 5.31. The molecule has 0 spiro atoms. The molecular formula is C17H17F2NO2S. The Kier molecular flexibility index (Phi) is 6.40. The number of hydrogen-bond acceptors (Lipinski definition) is 4. The average molecular weight is 337 g/mol. The Balaban J connectivity index is 1.79. The molecule has 0 bridgehead atoms. The van der Waals surface area contributed by atoms with Crippen LogP contribution in [0, 0.1) is 0 Å². The molecule has 2 aromatic rings. The second-order valence-electron chi connectivity index (χ2n) is 5.03. The first kappa shape index (κ1) is 17.3. The van der Waals surface area contributed by atoms with Crippen LogP contribution in [0.5, 0.6) is 0 Å². The van der Waals surface area contributed by atoms with Crippen LogP contribution in [0.2, 0.25) is 0 Å². The van der Waals surface area contributed by atoms with Crippen LogP contribution in [0.3, 0.4) is 0 Å². The minimum absolute atomic E-state index is 0.0892. The van der Waals surface area contributed by atoms with Crippen molar-refractivity contribution in [3.8, 4) is 10.6 Å². The van der Waals surface area contributed by atoms with Crippen LogP contribution in [-0.4, -0.2) is 17.6 Å². The lowest BCUT2D eigenvalue weighted by atomic mass is 10.1. The van der Waals surface area contributed by atoms with E-state index in [1.54, 1.807) is 0 Å². The first-order chi connectivity index (χ1) is 11.1. The van der Waals surface area contributed by atoms with Gasteiger partial charge in [-0.1, -0.05) is 30.3 Å². The van der Waals surface area contributed by atoms with E-state index in [1.807, 2.05) is 30.3 Å². The molecule has 3 nitrogen and oxygen atoms in total. The standard InChI is InChI=1S/C17H17F2NO2S/c1-12(15(18)19)7-5-6-10-22-17(21)14-11-20-16(23-14)13-8-3-2-4-9-13/h2-4,8-9,11H,5-7,10H2,1H3. The molecule has 0 fully saturated rings. The number of aromatic nitrogens is 1. The Morgan fingerprint density at radius 1 is 1.22 bits per heavy atom. The van der Waals surface area contributed by atoms with Crippen molar-refractivity contribution >= 4 is 17.3 Å². The maximum atomic E-state index is 12.2. The van der Waals surface area contributed by atoms with E-state index in [0.29, 0.717) is 24.1 Å². The first-order valence-electron chi connectivity index (χ1n) is 7.27. The SMILES string of the molecule is CC(CCCCOC(=O)c1cnc(-c2ccccc2)s1)=C(F)F. The van der Waals surface area contributed by atoms with Gasteiger partial charge < -0.3 is 4.74 Å². The average Bonchev–Trinajstić information content (AvgIpc) is 3.05. The van der Waals surface area contributed by atoms with Crippen molar-refractivity contribution in [2.45, 2.75) is 26.2 Å². The molecule has 0 radical (unpaired) electrons. The van der Waals surface area contributed by atoms with E-state index in [1.165, 1.54) is 24.5 Å². The summed E-state index contributed by atoms with van der Waals surface area (Å²) in [4.78, 5) is 16.6. The number of carbonyl (C=O) groups is 1. The second-order valence-corrected chi connectivity index (χ2v) is 6.06. The molecule has 0 atom stereocenters. The number of nitrogens with zero attached hydrogens (tertiary/aromatic N) is 1. The number of benzene rings is 1. The van der Waals surface area contributed by atoms with Crippen LogP contribution in [-0.2, 0) is 4.74 Å². The zero-order valence-electron chi connectivity index (χ0n) is 12.7. The molecule has 0 aliphatic heterocycles. The summed E-state index contributed by atoms with van der Waals surface area (Å²) in [5.74, 6) is -0.423. The van der Waals surface area contributed by atoms with Crippen LogP contribution in [0.15, 0.2) is 48.2 Å². The van der Waals surface area contributed by atoms with Gasteiger partial charge in [0.2, 0.25) is 0 Å². The summed E-state index contributed by atoms with van der Waals surface area (Å²) >= 11 is 1.27. The van der Waals surface area contributed by atoms with Crippen molar-refractivity contribution in [1.29, 1.82) is 0 Å². The topological polar surface area (TPSA) is 39.2 Å². The van der Waals surface area contributed by atoms with E-state index in [2.05, 4.69) is 4.98 Å². The minimum Gasteiger partial charge on any atom is -0.461 e. The smallest absolute Gasteiger partial charge is 0.349 e. The van der Waals surface area contributed by atoms with E-state index in [9.17, 15) is 13.6 Å². The molecule has 1 aromatic heterocycles. The van der Waals surface area contributed by atoms with Gasteiger partial charge in [0.1, 0.15) is 9.88 Å². The lowest BCUT2D eigenvalue weighted by molar-refractivity contribution is 0.0504. The molecule has 0 amide bonds. The van der Waals surface area contributed by atoms with Gasteiger partial charge in [-0.25, -0.2) is 9.78 Å². The first-order valence-corrected chi connectivity index (χ1v) is 8.08. The largest absolute Gasteiger partial charge is 0.461 e. The maximum absolute atomic E-state index is 12.2. The Morgan fingerprint density at radius 2 is 1.96 bits per heavy atom. The Bertz CT molecular complexity index is 679. The Hall–Kier alpha value is -2.08. The third kappa shape index (κ3) is 5.25. The number of ether oxygens (including phenoxy) is 1. The fourth-order valence-corrected chi connectivity index (χ4v) is 2.72. The van der Waals surface area contributed by atoms with E-state index in [0.717, 1.165) is 10.6 Å². The third-order valence-corrected chi connectivity index (χ3v) is 4.26. The monoisotopic (exact) mass is 337 g/mol. The van der Waals surface area contributed by atoms with Gasteiger partial charge in [-0.2, -0.15) is 8.78 Å². The highest BCUT2D eigenvalue weighted by Gasteiger charge is 2.12. The second kappa shape index (κ2) is 8.53. The van der Waals surface area contributed by atoms with Crippen LogP contribution >= 0.6 is 11.3 Å². The molecule has 0 aliphatic rings. The number of carbonyl (C=O) groups excluding carboxylic acids is 1. The fraction of sp³-hybridized carbons (Fsp3) is 0.294. The van der Waals surface area contributed by atoms with Crippen molar-refractivity contribution < 1.29 is 18.3 Å². The molecule has 2 rings (SSSR count). The van der Waals surface area contributed by atoms with Gasteiger partial charge in [0.25, 0.3) is 6.08 Å². The van der Waals surface area contributed by atoms with Crippen LogP contribution in [0.4, 0.5) is 8.78 Å². The quantitative estimate of drug-likeness (QED) is 0.508. The van der Waals surface area contributed by atoms with Gasteiger partial charge in [-0.15, -0.1) is 11.3 Å². The number of allylic oxidation sites excluding steroid dienone is 1. The zero-order valence-corrected chi connectivity index (χ0v) is 13.5. The number of rotatable bonds is 7. The fourth-order valence-electron chi connectivity index (χ4n) is 1.91. The summed E-state index contributed by atoms with van der Waals surface area (Å²) in [6, 6.07) is 9.58. The predicted molar refractivity (Wildman–Crippen MR) is 86.6 cm³/mol. The van der Waals surface area contributed by atoms with Crippen LogP contribution in [0.1, 0.15) is 35.9 Å². The van der Waals surface area contributed by atoms with E-state index in [-0.39, 0.29) is 12.2 Å². The van der Waals surface area contributed by atoms with E-state index >= 15 is 0 Å². The molecule has 122 valence electrons. The minimum atomic E-state index is -1.62.